The van der Waals surface area contributed by atoms with Gasteiger partial charge in [-0.2, -0.15) is 10.2 Å². The molecule has 3 aromatic heterocycles. The first kappa shape index (κ1) is 18.7. The minimum absolute atomic E-state index is 0.0272. The average molecular weight is 447 g/mol. The Morgan fingerprint density at radius 1 is 1.06 bits per heavy atom. The van der Waals surface area contributed by atoms with Gasteiger partial charge < -0.3 is 10.0 Å². The Morgan fingerprint density at radius 3 is 2.78 bits per heavy atom. The average Bonchev–Trinajstić information content (AvgIpc) is 3.14. The summed E-state index contributed by atoms with van der Waals surface area (Å²) in [5.41, 5.74) is 2.88. The SMILES string of the molecule is OC1(c2cccnc2)[C@@H]2CC[C@H]1N(c1cc3c(cnn3-c3cnn(C4CC4)c3)cc1Cl)C2. The molecule has 8 heteroatoms. The predicted molar refractivity (Wildman–Crippen MR) is 122 cm³/mol. The van der Waals surface area contributed by atoms with Gasteiger partial charge in [-0.25, -0.2) is 4.68 Å². The number of nitrogens with zero attached hydrogens (tertiary/aromatic N) is 6. The quantitative estimate of drug-likeness (QED) is 0.511. The number of hydrogen-bond acceptors (Lipinski definition) is 5. The Balaban J connectivity index is 1.30. The van der Waals surface area contributed by atoms with Gasteiger partial charge in [-0.3, -0.25) is 9.67 Å². The molecule has 3 aliphatic rings. The molecule has 0 spiro atoms. The van der Waals surface area contributed by atoms with Gasteiger partial charge >= 0.3 is 0 Å². The number of pyridine rings is 1. The van der Waals surface area contributed by atoms with E-state index in [1.807, 2.05) is 40.0 Å². The summed E-state index contributed by atoms with van der Waals surface area (Å²) in [7, 11) is 0. The monoisotopic (exact) mass is 446 g/mol. The number of aliphatic hydroxyl groups is 1. The van der Waals surface area contributed by atoms with Crippen LogP contribution in [-0.2, 0) is 5.60 Å². The first-order valence-corrected chi connectivity index (χ1v) is 11.6. The van der Waals surface area contributed by atoms with Gasteiger partial charge in [0.15, 0.2) is 0 Å². The maximum atomic E-state index is 11.8. The normalized spacial score (nSPS) is 27.0. The van der Waals surface area contributed by atoms with Gasteiger partial charge in [-0.1, -0.05) is 17.7 Å². The summed E-state index contributed by atoms with van der Waals surface area (Å²) >= 11 is 6.78. The van der Waals surface area contributed by atoms with E-state index >= 15 is 0 Å². The molecule has 4 heterocycles. The molecule has 7 rings (SSSR count). The van der Waals surface area contributed by atoms with Crippen molar-refractivity contribution in [2.75, 3.05) is 11.4 Å². The van der Waals surface area contributed by atoms with Crippen LogP contribution < -0.4 is 4.90 Å². The van der Waals surface area contributed by atoms with Crippen molar-refractivity contribution in [3.05, 3.63) is 65.8 Å². The third-order valence-electron chi connectivity index (χ3n) is 7.54. The van der Waals surface area contributed by atoms with Crippen molar-refractivity contribution in [2.45, 2.75) is 43.4 Å². The molecular formula is C24H23ClN6O. The summed E-state index contributed by atoms with van der Waals surface area (Å²) < 4.78 is 3.97. The molecule has 1 N–H and O–H groups in total. The Morgan fingerprint density at radius 2 is 1.97 bits per heavy atom. The number of hydrogen-bond donors (Lipinski definition) is 1. The van der Waals surface area contributed by atoms with E-state index in [4.69, 9.17) is 11.6 Å². The van der Waals surface area contributed by atoms with Crippen LogP contribution in [0.5, 0.6) is 0 Å². The van der Waals surface area contributed by atoms with E-state index in [9.17, 15) is 5.11 Å². The molecule has 1 saturated heterocycles. The molecule has 3 fully saturated rings. The van der Waals surface area contributed by atoms with Crippen molar-refractivity contribution in [3.63, 3.8) is 0 Å². The smallest absolute Gasteiger partial charge is 0.116 e. The van der Waals surface area contributed by atoms with Crippen LogP contribution in [0.3, 0.4) is 0 Å². The highest BCUT2D eigenvalue weighted by Gasteiger charge is 2.58. The molecule has 1 aromatic carbocycles. The molecule has 2 saturated carbocycles. The van der Waals surface area contributed by atoms with E-state index in [0.717, 1.165) is 47.2 Å². The fourth-order valence-corrected chi connectivity index (χ4v) is 6.07. The fraction of sp³-hybridized carbons (Fsp3) is 0.375. The van der Waals surface area contributed by atoms with Gasteiger partial charge in [0.05, 0.1) is 46.9 Å². The molecule has 1 aliphatic heterocycles. The van der Waals surface area contributed by atoms with E-state index in [0.29, 0.717) is 11.1 Å². The second-order valence-electron chi connectivity index (χ2n) is 9.34. The Hall–Kier alpha value is -2.90. The third kappa shape index (κ3) is 2.55. The maximum absolute atomic E-state index is 11.8. The van der Waals surface area contributed by atoms with Gasteiger partial charge in [0.1, 0.15) is 11.3 Å². The predicted octanol–water partition coefficient (Wildman–Crippen LogP) is 4.09. The second kappa shape index (κ2) is 6.56. The molecular weight excluding hydrogens is 424 g/mol. The summed E-state index contributed by atoms with van der Waals surface area (Å²) in [5.74, 6) is 0.158. The molecule has 2 bridgehead atoms. The van der Waals surface area contributed by atoms with E-state index < -0.39 is 5.60 Å². The standard InChI is InChI=1S/C24H23ClN6O/c25-20-8-15-10-28-31(19-12-27-30(14-19)18-4-5-18)21(15)9-22(20)29-13-17-3-6-23(29)24(17,32)16-2-1-7-26-11-16/h1-2,7-12,14,17-18,23,32H,3-6,13H2/t17-,23-,24?/m1/s1. The molecule has 32 heavy (non-hydrogen) atoms. The van der Waals surface area contributed by atoms with Gasteiger partial charge in [-0.15, -0.1) is 0 Å². The largest absolute Gasteiger partial charge is 0.383 e. The number of benzene rings is 1. The molecule has 162 valence electrons. The minimum Gasteiger partial charge on any atom is -0.383 e. The van der Waals surface area contributed by atoms with Gasteiger partial charge in [0.25, 0.3) is 0 Å². The van der Waals surface area contributed by atoms with Crippen molar-refractivity contribution in [3.8, 4) is 5.69 Å². The van der Waals surface area contributed by atoms with Gasteiger partial charge in [-0.05, 0) is 43.9 Å². The first-order valence-electron chi connectivity index (χ1n) is 11.2. The summed E-state index contributed by atoms with van der Waals surface area (Å²) in [4.78, 5) is 6.55. The van der Waals surface area contributed by atoms with Crippen LogP contribution in [0, 0.1) is 5.92 Å². The van der Waals surface area contributed by atoms with Gasteiger partial charge in [0, 0.05) is 35.8 Å². The lowest BCUT2D eigenvalue weighted by Crippen LogP contribution is -2.41. The van der Waals surface area contributed by atoms with Crippen molar-refractivity contribution < 1.29 is 5.11 Å². The highest BCUT2D eigenvalue weighted by atomic mass is 35.5. The number of halogens is 1. The number of aromatic nitrogens is 5. The van der Waals surface area contributed by atoms with Crippen molar-refractivity contribution >= 4 is 28.2 Å². The van der Waals surface area contributed by atoms with Crippen LogP contribution in [0.15, 0.2) is 55.2 Å². The van der Waals surface area contributed by atoms with Crippen molar-refractivity contribution in [2.24, 2.45) is 5.92 Å². The van der Waals surface area contributed by atoms with Gasteiger partial charge in [0.2, 0.25) is 0 Å². The lowest BCUT2D eigenvalue weighted by molar-refractivity contribution is 0.0138. The van der Waals surface area contributed by atoms with E-state index in [2.05, 4.69) is 32.3 Å². The van der Waals surface area contributed by atoms with E-state index in [-0.39, 0.29) is 12.0 Å². The Labute approximate surface area is 190 Å². The first-order chi connectivity index (χ1) is 15.6. The summed E-state index contributed by atoms with van der Waals surface area (Å²) in [6.45, 7) is 0.773. The van der Waals surface area contributed by atoms with Crippen molar-refractivity contribution in [1.29, 1.82) is 0 Å². The lowest BCUT2D eigenvalue weighted by atomic mass is 9.86. The van der Waals surface area contributed by atoms with E-state index in [1.165, 1.54) is 12.8 Å². The third-order valence-corrected chi connectivity index (χ3v) is 7.84. The Kier molecular flexibility index (Phi) is 3.82. The summed E-state index contributed by atoms with van der Waals surface area (Å²) in [6, 6.07) is 8.48. The topological polar surface area (TPSA) is 72.0 Å². The molecule has 4 aromatic rings. The van der Waals surface area contributed by atoms with Crippen LogP contribution in [0.1, 0.15) is 37.3 Å². The maximum Gasteiger partial charge on any atom is 0.116 e. The Bertz CT molecular complexity index is 1330. The number of piperidine rings is 1. The number of anilines is 1. The molecule has 1 unspecified atom stereocenters. The molecule has 7 nitrogen and oxygen atoms in total. The molecule has 0 amide bonds. The zero-order valence-corrected chi connectivity index (χ0v) is 18.2. The van der Waals surface area contributed by atoms with Crippen LogP contribution in [0.25, 0.3) is 16.6 Å². The summed E-state index contributed by atoms with van der Waals surface area (Å²) in [6.07, 6.45) is 13.7. The van der Waals surface area contributed by atoms with Crippen molar-refractivity contribution in [1.82, 2.24) is 24.5 Å². The fourth-order valence-electron chi connectivity index (χ4n) is 5.79. The molecule has 0 radical (unpaired) electrons. The van der Waals surface area contributed by atoms with Crippen LogP contribution in [0.2, 0.25) is 5.02 Å². The minimum atomic E-state index is -0.905. The van der Waals surface area contributed by atoms with Crippen LogP contribution in [0.4, 0.5) is 5.69 Å². The molecule has 2 aliphatic carbocycles. The second-order valence-corrected chi connectivity index (χ2v) is 9.75. The van der Waals surface area contributed by atoms with E-state index in [1.54, 1.807) is 12.4 Å². The van der Waals surface area contributed by atoms with Crippen LogP contribution >= 0.6 is 11.6 Å². The van der Waals surface area contributed by atoms with Crippen LogP contribution in [-0.4, -0.2) is 42.2 Å². The molecule has 3 atom stereocenters. The number of rotatable bonds is 4. The highest BCUT2D eigenvalue weighted by Crippen LogP contribution is 2.54. The zero-order chi connectivity index (χ0) is 21.4. The number of fused-ring (bicyclic) bond motifs is 3. The zero-order valence-electron chi connectivity index (χ0n) is 17.5. The summed E-state index contributed by atoms with van der Waals surface area (Å²) in [5, 5.41) is 22.6. The highest BCUT2D eigenvalue weighted by molar-refractivity contribution is 6.34. The lowest BCUT2D eigenvalue weighted by Gasteiger charge is -2.33.